The van der Waals surface area contributed by atoms with Crippen LogP contribution in [0.25, 0.3) is 16.8 Å². The number of benzene rings is 2. The van der Waals surface area contributed by atoms with Crippen molar-refractivity contribution in [3.63, 3.8) is 0 Å². The fraction of sp³-hybridized carbons (Fsp3) is 0.409. The van der Waals surface area contributed by atoms with E-state index in [2.05, 4.69) is 54.2 Å². The summed E-state index contributed by atoms with van der Waals surface area (Å²) in [6.07, 6.45) is 8.23. The molecule has 1 heterocycles. The standard InChI is InChI=1S/C22H28N2O/c1-4-5-6-7-10-16-13-14-17(19-12-9-8-11-18(16)19)15-20-21(25)23-24-22(20,2)3/h8-9,11-15,24H,4-7,10H2,1-3H3,(H,23,25)/b20-15+. The Kier molecular flexibility index (Phi) is 5.24. The summed E-state index contributed by atoms with van der Waals surface area (Å²) in [5, 5.41) is 2.52. The molecule has 2 N–H and O–H groups in total. The Morgan fingerprint density at radius 2 is 1.76 bits per heavy atom. The molecule has 3 nitrogen and oxygen atoms in total. The number of carbonyl (C=O) groups is 1. The van der Waals surface area contributed by atoms with E-state index < -0.39 is 0 Å². The van der Waals surface area contributed by atoms with Gasteiger partial charge in [0.05, 0.1) is 5.54 Å². The molecule has 3 rings (SSSR count). The highest BCUT2D eigenvalue weighted by atomic mass is 16.2. The number of nitrogens with one attached hydrogen (secondary N) is 2. The maximum Gasteiger partial charge on any atom is 0.263 e. The highest BCUT2D eigenvalue weighted by Crippen LogP contribution is 2.29. The van der Waals surface area contributed by atoms with E-state index in [0.717, 1.165) is 17.6 Å². The minimum absolute atomic E-state index is 0.0438. The average molecular weight is 336 g/mol. The van der Waals surface area contributed by atoms with Gasteiger partial charge in [0.1, 0.15) is 0 Å². The van der Waals surface area contributed by atoms with Gasteiger partial charge in [0.2, 0.25) is 0 Å². The van der Waals surface area contributed by atoms with E-state index in [0.29, 0.717) is 0 Å². The van der Waals surface area contributed by atoms with Crippen molar-refractivity contribution in [2.24, 2.45) is 0 Å². The first kappa shape index (κ1) is 17.7. The first-order chi connectivity index (χ1) is 12.0. The van der Waals surface area contributed by atoms with Crippen molar-refractivity contribution in [2.75, 3.05) is 0 Å². The third-order valence-corrected chi connectivity index (χ3v) is 5.05. The van der Waals surface area contributed by atoms with Gasteiger partial charge in [0.25, 0.3) is 5.91 Å². The Morgan fingerprint density at radius 1 is 1.00 bits per heavy atom. The SMILES string of the molecule is CCCCCCc1ccc(/C=C2\C(=O)NNC2(C)C)c2ccccc12. The lowest BCUT2D eigenvalue weighted by Gasteiger charge is -2.17. The van der Waals surface area contributed by atoms with Gasteiger partial charge in [-0.15, -0.1) is 0 Å². The second kappa shape index (κ2) is 7.40. The van der Waals surface area contributed by atoms with Crippen molar-refractivity contribution < 1.29 is 4.79 Å². The molecule has 1 aliphatic heterocycles. The van der Waals surface area contributed by atoms with Crippen LogP contribution >= 0.6 is 0 Å². The predicted octanol–water partition coefficient (Wildman–Crippen LogP) is 4.76. The number of hydrogen-bond acceptors (Lipinski definition) is 2. The molecule has 1 aliphatic rings. The fourth-order valence-corrected chi connectivity index (χ4v) is 3.50. The summed E-state index contributed by atoms with van der Waals surface area (Å²) in [5.41, 5.74) is 8.69. The van der Waals surface area contributed by atoms with Crippen molar-refractivity contribution in [1.82, 2.24) is 10.9 Å². The Morgan fingerprint density at radius 3 is 2.44 bits per heavy atom. The summed E-state index contributed by atoms with van der Waals surface area (Å²) < 4.78 is 0. The molecule has 1 fully saturated rings. The highest BCUT2D eigenvalue weighted by Gasteiger charge is 2.34. The predicted molar refractivity (Wildman–Crippen MR) is 105 cm³/mol. The largest absolute Gasteiger partial charge is 0.287 e. The van der Waals surface area contributed by atoms with Crippen LogP contribution in [-0.4, -0.2) is 11.4 Å². The number of unbranched alkanes of at least 4 members (excludes halogenated alkanes) is 3. The smallest absolute Gasteiger partial charge is 0.263 e. The van der Waals surface area contributed by atoms with Gasteiger partial charge < -0.3 is 0 Å². The van der Waals surface area contributed by atoms with Crippen LogP contribution in [0.2, 0.25) is 0 Å². The van der Waals surface area contributed by atoms with Gasteiger partial charge in [-0.3, -0.25) is 10.2 Å². The van der Waals surface area contributed by atoms with Crippen molar-refractivity contribution in [2.45, 2.75) is 58.4 Å². The molecule has 3 heteroatoms. The number of aryl methyl sites for hydroxylation is 1. The lowest BCUT2D eigenvalue weighted by molar-refractivity contribution is -0.116. The summed E-state index contributed by atoms with van der Waals surface area (Å²) in [5.74, 6) is -0.0438. The molecule has 2 aromatic rings. The Labute approximate surface area is 150 Å². The lowest BCUT2D eigenvalue weighted by Crippen LogP contribution is -2.38. The maximum atomic E-state index is 12.2. The molecular formula is C22H28N2O. The quantitative estimate of drug-likeness (QED) is 0.590. The van der Waals surface area contributed by atoms with E-state index >= 15 is 0 Å². The van der Waals surface area contributed by atoms with E-state index in [1.165, 1.54) is 42.0 Å². The Balaban J connectivity index is 1.97. The van der Waals surface area contributed by atoms with Crippen molar-refractivity contribution >= 4 is 22.8 Å². The van der Waals surface area contributed by atoms with Gasteiger partial charge in [-0.1, -0.05) is 62.6 Å². The summed E-state index contributed by atoms with van der Waals surface area (Å²) in [4.78, 5) is 12.2. The fourth-order valence-electron chi connectivity index (χ4n) is 3.50. The summed E-state index contributed by atoms with van der Waals surface area (Å²) >= 11 is 0. The zero-order valence-electron chi connectivity index (χ0n) is 15.5. The van der Waals surface area contributed by atoms with E-state index in [-0.39, 0.29) is 11.4 Å². The zero-order chi connectivity index (χ0) is 17.9. The van der Waals surface area contributed by atoms with Crippen molar-refractivity contribution in [3.05, 3.63) is 53.1 Å². The second-order valence-corrected chi connectivity index (χ2v) is 7.43. The van der Waals surface area contributed by atoms with E-state index in [4.69, 9.17) is 0 Å². The molecule has 132 valence electrons. The minimum Gasteiger partial charge on any atom is -0.287 e. The molecule has 1 saturated heterocycles. The molecule has 0 saturated carbocycles. The van der Waals surface area contributed by atoms with E-state index in [1.54, 1.807) is 0 Å². The summed E-state index contributed by atoms with van der Waals surface area (Å²) in [6.45, 7) is 6.27. The number of rotatable bonds is 6. The third-order valence-electron chi connectivity index (χ3n) is 5.05. The molecule has 2 aromatic carbocycles. The molecule has 25 heavy (non-hydrogen) atoms. The van der Waals surface area contributed by atoms with E-state index in [9.17, 15) is 4.79 Å². The van der Waals surface area contributed by atoms with Gasteiger partial charge in [-0.05, 0) is 54.7 Å². The van der Waals surface area contributed by atoms with Crippen LogP contribution in [0.3, 0.4) is 0 Å². The molecule has 1 amide bonds. The third kappa shape index (κ3) is 3.77. The monoisotopic (exact) mass is 336 g/mol. The van der Waals surface area contributed by atoms with Crippen LogP contribution in [0.1, 0.15) is 57.6 Å². The molecular weight excluding hydrogens is 308 g/mol. The topological polar surface area (TPSA) is 41.1 Å². The number of carbonyl (C=O) groups excluding carboxylic acids is 1. The molecule has 0 radical (unpaired) electrons. The number of hydrazine groups is 1. The summed E-state index contributed by atoms with van der Waals surface area (Å²) in [7, 11) is 0. The zero-order valence-corrected chi connectivity index (χ0v) is 15.5. The number of amides is 1. The molecule has 0 spiro atoms. The van der Waals surface area contributed by atoms with Crippen LogP contribution in [-0.2, 0) is 11.2 Å². The average Bonchev–Trinajstić information content (AvgIpc) is 2.87. The van der Waals surface area contributed by atoms with Crippen LogP contribution in [0.4, 0.5) is 0 Å². The van der Waals surface area contributed by atoms with Gasteiger partial charge in [0.15, 0.2) is 0 Å². The molecule has 0 bridgehead atoms. The summed E-state index contributed by atoms with van der Waals surface area (Å²) in [6, 6.07) is 12.9. The lowest BCUT2D eigenvalue weighted by atomic mass is 9.91. The molecule has 0 aromatic heterocycles. The van der Waals surface area contributed by atoms with Gasteiger partial charge in [0, 0.05) is 5.57 Å². The molecule has 0 unspecified atom stereocenters. The van der Waals surface area contributed by atoms with Crippen LogP contribution in [0, 0.1) is 0 Å². The highest BCUT2D eigenvalue weighted by molar-refractivity contribution is 6.04. The Hall–Kier alpha value is -2.13. The van der Waals surface area contributed by atoms with Gasteiger partial charge in [-0.25, -0.2) is 5.43 Å². The first-order valence-electron chi connectivity index (χ1n) is 9.33. The second-order valence-electron chi connectivity index (χ2n) is 7.43. The minimum atomic E-state index is -0.364. The maximum absolute atomic E-state index is 12.2. The normalized spacial score (nSPS) is 18.0. The number of hydrogen-bond donors (Lipinski definition) is 2. The van der Waals surface area contributed by atoms with Crippen LogP contribution in [0.5, 0.6) is 0 Å². The Bertz CT molecular complexity index is 805. The van der Waals surface area contributed by atoms with Crippen molar-refractivity contribution in [3.8, 4) is 0 Å². The van der Waals surface area contributed by atoms with Crippen molar-refractivity contribution in [1.29, 1.82) is 0 Å². The van der Waals surface area contributed by atoms with Gasteiger partial charge >= 0.3 is 0 Å². The van der Waals surface area contributed by atoms with Crippen LogP contribution in [0.15, 0.2) is 42.0 Å². The number of fused-ring (bicyclic) bond motifs is 1. The first-order valence-corrected chi connectivity index (χ1v) is 9.33. The molecule has 0 aliphatic carbocycles. The van der Waals surface area contributed by atoms with E-state index in [1.807, 2.05) is 19.9 Å². The van der Waals surface area contributed by atoms with Crippen LogP contribution < -0.4 is 10.9 Å². The molecule has 0 atom stereocenters. The van der Waals surface area contributed by atoms with Gasteiger partial charge in [-0.2, -0.15) is 0 Å².